The van der Waals surface area contributed by atoms with Crippen LogP contribution in [0.4, 0.5) is 5.69 Å². The van der Waals surface area contributed by atoms with E-state index in [1.165, 1.54) is 6.07 Å². The van der Waals surface area contributed by atoms with Gasteiger partial charge < -0.3 is 10.1 Å². The second-order valence-electron chi connectivity index (χ2n) is 5.98. The van der Waals surface area contributed by atoms with Crippen LogP contribution in [0.3, 0.4) is 0 Å². The van der Waals surface area contributed by atoms with Gasteiger partial charge in [0.15, 0.2) is 0 Å². The number of amides is 1. The van der Waals surface area contributed by atoms with Crippen molar-refractivity contribution in [2.45, 2.75) is 13.8 Å². The average molecular weight is 386 g/mol. The molecule has 0 atom stereocenters. The standard InChI is InChI=1S/C21H17Cl2NO2/c1-13-3-4-14(2)20(11-13)26-17-8-6-16(7-9-17)24-21(25)15-5-10-18(22)19(23)12-15/h3-12H,1-2H3,(H,24,25). The van der Waals surface area contributed by atoms with E-state index >= 15 is 0 Å². The van der Waals surface area contributed by atoms with E-state index in [-0.39, 0.29) is 5.91 Å². The number of anilines is 1. The van der Waals surface area contributed by atoms with Crippen molar-refractivity contribution < 1.29 is 9.53 Å². The van der Waals surface area contributed by atoms with Crippen molar-refractivity contribution >= 4 is 34.8 Å². The predicted octanol–water partition coefficient (Wildman–Crippen LogP) is 6.65. The molecule has 0 saturated heterocycles. The highest BCUT2D eigenvalue weighted by Gasteiger charge is 2.09. The monoisotopic (exact) mass is 385 g/mol. The first-order valence-electron chi connectivity index (χ1n) is 8.04. The highest BCUT2D eigenvalue weighted by Crippen LogP contribution is 2.27. The number of halogens is 2. The molecule has 3 nitrogen and oxygen atoms in total. The third-order valence-corrected chi connectivity index (χ3v) is 4.60. The maximum Gasteiger partial charge on any atom is 0.255 e. The fourth-order valence-electron chi connectivity index (χ4n) is 2.39. The van der Waals surface area contributed by atoms with Gasteiger partial charge in [0.05, 0.1) is 10.0 Å². The Bertz CT molecular complexity index is 953. The van der Waals surface area contributed by atoms with Crippen LogP contribution < -0.4 is 10.1 Å². The first kappa shape index (κ1) is 18.3. The van der Waals surface area contributed by atoms with E-state index in [4.69, 9.17) is 27.9 Å². The zero-order valence-corrected chi connectivity index (χ0v) is 15.9. The number of rotatable bonds is 4. The Morgan fingerprint density at radius 3 is 2.31 bits per heavy atom. The van der Waals surface area contributed by atoms with Crippen LogP contribution in [0.5, 0.6) is 11.5 Å². The summed E-state index contributed by atoms with van der Waals surface area (Å²) in [6.45, 7) is 4.02. The van der Waals surface area contributed by atoms with Gasteiger partial charge in [-0.1, -0.05) is 35.3 Å². The van der Waals surface area contributed by atoms with E-state index in [0.29, 0.717) is 27.0 Å². The van der Waals surface area contributed by atoms with Crippen molar-refractivity contribution in [2.24, 2.45) is 0 Å². The zero-order valence-electron chi connectivity index (χ0n) is 14.3. The number of aryl methyl sites for hydroxylation is 2. The molecule has 0 aliphatic heterocycles. The Hall–Kier alpha value is -2.49. The van der Waals surface area contributed by atoms with Crippen molar-refractivity contribution in [2.75, 3.05) is 5.32 Å². The molecule has 0 aliphatic rings. The Balaban J connectivity index is 1.70. The molecule has 0 saturated carbocycles. The van der Waals surface area contributed by atoms with Crippen molar-refractivity contribution in [1.29, 1.82) is 0 Å². The normalized spacial score (nSPS) is 10.5. The number of hydrogen-bond donors (Lipinski definition) is 1. The second-order valence-corrected chi connectivity index (χ2v) is 6.79. The van der Waals surface area contributed by atoms with Crippen molar-refractivity contribution in [3.05, 3.63) is 87.4 Å². The van der Waals surface area contributed by atoms with E-state index in [9.17, 15) is 4.79 Å². The van der Waals surface area contributed by atoms with Crippen molar-refractivity contribution in [1.82, 2.24) is 0 Å². The molecule has 0 radical (unpaired) electrons. The van der Waals surface area contributed by atoms with Gasteiger partial charge in [0.25, 0.3) is 5.91 Å². The van der Waals surface area contributed by atoms with Gasteiger partial charge in [-0.25, -0.2) is 0 Å². The molecule has 0 fully saturated rings. The largest absolute Gasteiger partial charge is 0.457 e. The SMILES string of the molecule is Cc1ccc(C)c(Oc2ccc(NC(=O)c3ccc(Cl)c(Cl)c3)cc2)c1. The zero-order chi connectivity index (χ0) is 18.7. The minimum Gasteiger partial charge on any atom is -0.457 e. The Morgan fingerprint density at radius 2 is 1.62 bits per heavy atom. The molecule has 0 aromatic heterocycles. The molecule has 0 aliphatic carbocycles. The Labute approximate surface area is 162 Å². The number of hydrogen-bond acceptors (Lipinski definition) is 2. The lowest BCUT2D eigenvalue weighted by atomic mass is 10.1. The molecule has 3 rings (SSSR count). The van der Waals surface area contributed by atoms with Gasteiger partial charge in [-0.15, -0.1) is 0 Å². The predicted molar refractivity (Wildman–Crippen MR) is 107 cm³/mol. The Morgan fingerprint density at radius 1 is 0.885 bits per heavy atom. The average Bonchev–Trinajstić information content (AvgIpc) is 2.62. The maximum atomic E-state index is 12.3. The number of carbonyl (C=O) groups is 1. The summed E-state index contributed by atoms with van der Waals surface area (Å²) in [5, 5.41) is 3.58. The molecule has 0 spiro atoms. The minimum absolute atomic E-state index is 0.258. The summed E-state index contributed by atoms with van der Waals surface area (Å²) in [4.78, 5) is 12.3. The molecular weight excluding hydrogens is 369 g/mol. The number of carbonyl (C=O) groups excluding carboxylic acids is 1. The summed E-state index contributed by atoms with van der Waals surface area (Å²) in [6, 6.07) is 18.0. The van der Waals surface area contributed by atoms with E-state index < -0.39 is 0 Å². The molecule has 0 unspecified atom stereocenters. The van der Waals surface area contributed by atoms with Crippen LogP contribution >= 0.6 is 23.2 Å². The van der Waals surface area contributed by atoms with E-state index in [0.717, 1.165) is 16.9 Å². The molecule has 26 heavy (non-hydrogen) atoms. The first-order chi connectivity index (χ1) is 12.4. The summed E-state index contributed by atoms with van der Waals surface area (Å²) in [5.41, 5.74) is 3.30. The van der Waals surface area contributed by atoms with E-state index in [1.807, 2.05) is 44.2 Å². The second kappa shape index (κ2) is 7.81. The third-order valence-electron chi connectivity index (χ3n) is 3.87. The Kier molecular flexibility index (Phi) is 5.50. The van der Waals surface area contributed by atoms with E-state index in [1.54, 1.807) is 24.3 Å². The van der Waals surface area contributed by atoms with Crippen LogP contribution in [0.2, 0.25) is 10.0 Å². The molecule has 132 valence electrons. The fraction of sp³-hybridized carbons (Fsp3) is 0.0952. The minimum atomic E-state index is -0.258. The molecular formula is C21H17Cl2NO2. The van der Waals surface area contributed by atoms with Crippen molar-refractivity contribution in [3.8, 4) is 11.5 Å². The lowest BCUT2D eigenvalue weighted by molar-refractivity contribution is 0.102. The molecule has 0 heterocycles. The highest BCUT2D eigenvalue weighted by atomic mass is 35.5. The van der Waals surface area contributed by atoms with Gasteiger partial charge in [0.2, 0.25) is 0 Å². The fourth-order valence-corrected chi connectivity index (χ4v) is 2.69. The summed E-state index contributed by atoms with van der Waals surface area (Å²) in [7, 11) is 0. The molecule has 3 aromatic carbocycles. The molecule has 0 bridgehead atoms. The van der Waals surface area contributed by atoms with Gasteiger partial charge in [-0.2, -0.15) is 0 Å². The smallest absolute Gasteiger partial charge is 0.255 e. The lowest BCUT2D eigenvalue weighted by Gasteiger charge is -2.11. The maximum absolute atomic E-state index is 12.3. The first-order valence-corrected chi connectivity index (χ1v) is 8.79. The van der Waals surface area contributed by atoms with Gasteiger partial charge >= 0.3 is 0 Å². The van der Waals surface area contributed by atoms with Gasteiger partial charge in [-0.05, 0) is 73.5 Å². The number of benzene rings is 3. The van der Waals surface area contributed by atoms with Crippen LogP contribution in [0.25, 0.3) is 0 Å². The summed E-state index contributed by atoms with van der Waals surface area (Å²) in [6.07, 6.45) is 0. The lowest BCUT2D eigenvalue weighted by Crippen LogP contribution is -2.11. The summed E-state index contributed by atoms with van der Waals surface area (Å²) < 4.78 is 5.92. The summed E-state index contributed by atoms with van der Waals surface area (Å²) >= 11 is 11.8. The third kappa shape index (κ3) is 4.37. The number of ether oxygens (including phenoxy) is 1. The molecule has 1 amide bonds. The van der Waals surface area contributed by atoms with Crippen LogP contribution in [-0.4, -0.2) is 5.91 Å². The van der Waals surface area contributed by atoms with Crippen LogP contribution in [0, 0.1) is 13.8 Å². The highest BCUT2D eigenvalue weighted by molar-refractivity contribution is 6.42. The number of nitrogens with one attached hydrogen (secondary N) is 1. The molecule has 5 heteroatoms. The van der Waals surface area contributed by atoms with E-state index in [2.05, 4.69) is 5.32 Å². The molecule has 1 N–H and O–H groups in total. The molecule has 3 aromatic rings. The van der Waals surface area contributed by atoms with Crippen LogP contribution in [0.15, 0.2) is 60.7 Å². The van der Waals surface area contributed by atoms with Gasteiger partial charge in [-0.3, -0.25) is 4.79 Å². The van der Waals surface area contributed by atoms with Gasteiger partial charge in [0, 0.05) is 11.3 Å². The topological polar surface area (TPSA) is 38.3 Å². The van der Waals surface area contributed by atoms with Crippen LogP contribution in [0.1, 0.15) is 21.5 Å². The van der Waals surface area contributed by atoms with Gasteiger partial charge in [0.1, 0.15) is 11.5 Å². The quantitative estimate of drug-likeness (QED) is 0.545. The summed E-state index contributed by atoms with van der Waals surface area (Å²) in [5.74, 6) is 1.26. The van der Waals surface area contributed by atoms with Crippen molar-refractivity contribution in [3.63, 3.8) is 0 Å². The van der Waals surface area contributed by atoms with Crippen LogP contribution in [-0.2, 0) is 0 Å².